The van der Waals surface area contributed by atoms with Crippen molar-refractivity contribution in [1.29, 1.82) is 0 Å². The van der Waals surface area contributed by atoms with Gasteiger partial charge in [-0.3, -0.25) is 9.79 Å². The van der Waals surface area contributed by atoms with Crippen LogP contribution in [0.4, 0.5) is 0 Å². The van der Waals surface area contributed by atoms with Crippen LogP contribution in [-0.2, 0) is 21.5 Å². The molecule has 0 aromatic heterocycles. The summed E-state index contributed by atoms with van der Waals surface area (Å²) in [5.41, 5.74) is 7.78. The van der Waals surface area contributed by atoms with Crippen LogP contribution >= 0.6 is 11.8 Å². The minimum absolute atomic E-state index is 0.182. The van der Waals surface area contributed by atoms with E-state index in [9.17, 15) is 4.79 Å². The Morgan fingerprint density at radius 2 is 2.41 bits per heavy atom. The van der Waals surface area contributed by atoms with Gasteiger partial charge in [-0.2, -0.15) is 0 Å². The molecule has 0 amide bonds. The lowest BCUT2D eigenvalue weighted by atomic mass is 9.88. The SMILES string of the molecule is C[C@@]1(c2cccc(CC(=O)C3CCCO3)c2)CCSC(N)=N1. The van der Waals surface area contributed by atoms with Crippen molar-refractivity contribution < 1.29 is 9.53 Å². The Hall–Kier alpha value is -1.33. The first-order valence-corrected chi connectivity index (χ1v) is 8.77. The summed E-state index contributed by atoms with van der Waals surface area (Å²) in [6.07, 6.45) is 3.03. The van der Waals surface area contributed by atoms with Crippen LogP contribution in [0, 0.1) is 0 Å². The zero-order valence-electron chi connectivity index (χ0n) is 12.9. The molecule has 118 valence electrons. The maximum absolute atomic E-state index is 12.3. The van der Waals surface area contributed by atoms with Gasteiger partial charge < -0.3 is 10.5 Å². The molecule has 2 N–H and O–H groups in total. The number of ether oxygens (including phenoxy) is 1. The summed E-state index contributed by atoms with van der Waals surface area (Å²) in [5.74, 6) is 1.16. The molecule has 1 aromatic rings. The summed E-state index contributed by atoms with van der Waals surface area (Å²) in [6, 6.07) is 8.18. The number of rotatable bonds is 4. The van der Waals surface area contributed by atoms with Crippen molar-refractivity contribution in [2.75, 3.05) is 12.4 Å². The van der Waals surface area contributed by atoms with Crippen molar-refractivity contribution in [2.45, 2.75) is 44.2 Å². The van der Waals surface area contributed by atoms with Gasteiger partial charge >= 0.3 is 0 Å². The average molecular weight is 318 g/mol. The van der Waals surface area contributed by atoms with Gasteiger partial charge in [0, 0.05) is 18.8 Å². The van der Waals surface area contributed by atoms with Crippen LogP contribution in [0.15, 0.2) is 29.3 Å². The molecule has 22 heavy (non-hydrogen) atoms. The molecule has 0 radical (unpaired) electrons. The van der Waals surface area contributed by atoms with Crippen molar-refractivity contribution in [3.63, 3.8) is 0 Å². The maximum Gasteiger partial charge on any atom is 0.165 e. The van der Waals surface area contributed by atoms with E-state index < -0.39 is 0 Å². The molecule has 1 aromatic carbocycles. The molecule has 1 unspecified atom stereocenters. The van der Waals surface area contributed by atoms with Gasteiger partial charge in [-0.15, -0.1) is 0 Å². The van der Waals surface area contributed by atoms with Crippen LogP contribution in [-0.4, -0.2) is 29.4 Å². The minimum atomic E-state index is -0.280. The van der Waals surface area contributed by atoms with Crippen LogP contribution in [0.25, 0.3) is 0 Å². The molecule has 0 bridgehead atoms. The van der Waals surface area contributed by atoms with E-state index in [1.54, 1.807) is 11.8 Å². The molecular weight excluding hydrogens is 296 g/mol. The summed E-state index contributed by atoms with van der Waals surface area (Å²) < 4.78 is 5.48. The number of amidine groups is 1. The molecule has 3 rings (SSSR count). The standard InChI is InChI=1S/C17H22N2O2S/c1-17(7-9-22-16(18)19-17)13-5-2-4-12(10-13)11-14(20)15-6-3-8-21-15/h2,4-5,10,15H,3,6-9,11H2,1H3,(H2,18,19)/t15?,17-/m0/s1. The molecule has 1 fully saturated rings. The second kappa shape index (κ2) is 6.42. The number of nitrogens with zero attached hydrogens (tertiary/aromatic N) is 1. The topological polar surface area (TPSA) is 64.7 Å². The van der Waals surface area contributed by atoms with Gasteiger partial charge in [-0.1, -0.05) is 36.0 Å². The molecule has 0 aliphatic carbocycles. The summed E-state index contributed by atoms with van der Waals surface area (Å²) >= 11 is 1.60. The van der Waals surface area contributed by atoms with Crippen LogP contribution in [0.3, 0.4) is 0 Å². The number of hydrogen-bond acceptors (Lipinski definition) is 5. The fourth-order valence-electron chi connectivity index (χ4n) is 3.06. The number of thioether (sulfide) groups is 1. The third-order valence-corrected chi connectivity index (χ3v) is 5.21. The smallest absolute Gasteiger partial charge is 0.165 e. The number of Topliss-reactive ketones (excluding diaryl/α,β-unsaturated/α-hetero) is 1. The van der Waals surface area contributed by atoms with E-state index in [0.29, 0.717) is 18.2 Å². The highest BCUT2D eigenvalue weighted by molar-refractivity contribution is 8.13. The fraction of sp³-hybridized carbons (Fsp3) is 0.529. The second-order valence-electron chi connectivity index (χ2n) is 6.17. The first kappa shape index (κ1) is 15.6. The van der Waals surface area contributed by atoms with Crippen LogP contribution in [0.1, 0.15) is 37.3 Å². The molecule has 1 saturated heterocycles. The number of benzene rings is 1. The van der Waals surface area contributed by atoms with Gasteiger partial charge in [0.05, 0.1) is 5.54 Å². The molecule has 2 heterocycles. The van der Waals surface area contributed by atoms with Crippen LogP contribution < -0.4 is 5.73 Å². The quantitative estimate of drug-likeness (QED) is 0.927. The van der Waals surface area contributed by atoms with E-state index in [2.05, 4.69) is 24.0 Å². The molecule has 0 spiro atoms. The van der Waals surface area contributed by atoms with E-state index in [4.69, 9.17) is 10.5 Å². The van der Waals surface area contributed by atoms with Crippen LogP contribution in [0.2, 0.25) is 0 Å². The Labute approximate surface area is 135 Å². The van der Waals surface area contributed by atoms with Crippen LogP contribution in [0.5, 0.6) is 0 Å². The molecule has 2 aliphatic heterocycles. The van der Waals surface area contributed by atoms with Crippen molar-refractivity contribution in [3.8, 4) is 0 Å². The van der Waals surface area contributed by atoms with Gasteiger partial charge in [-0.05, 0) is 37.3 Å². The normalized spacial score (nSPS) is 28.4. The first-order chi connectivity index (χ1) is 10.6. The number of ketones is 1. The third-order valence-electron chi connectivity index (χ3n) is 4.41. The van der Waals surface area contributed by atoms with E-state index in [0.717, 1.165) is 36.1 Å². The largest absolute Gasteiger partial charge is 0.379 e. The summed E-state index contributed by atoms with van der Waals surface area (Å²) in [6.45, 7) is 2.82. The van der Waals surface area contributed by atoms with Gasteiger partial charge in [0.2, 0.25) is 0 Å². The first-order valence-electron chi connectivity index (χ1n) is 7.79. The van der Waals surface area contributed by atoms with Crippen molar-refractivity contribution in [1.82, 2.24) is 0 Å². The fourth-order valence-corrected chi connectivity index (χ4v) is 4.03. The lowest BCUT2D eigenvalue weighted by molar-refractivity contribution is -0.127. The molecule has 5 heteroatoms. The highest BCUT2D eigenvalue weighted by Gasteiger charge is 2.30. The van der Waals surface area contributed by atoms with E-state index in [1.165, 1.54) is 0 Å². The highest BCUT2D eigenvalue weighted by atomic mass is 32.2. The lowest BCUT2D eigenvalue weighted by Gasteiger charge is -2.30. The second-order valence-corrected chi connectivity index (χ2v) is 7.28. The molecule has 2 atom stereocenters. The Bertz CT molecular complexity index is 596. The molecule has 0 saturated carbocycles. The predicted octanol–water partition coefficient (Wildman–Crippen LogP) is 2.64. The number of carbonyl (C=O) groups is 1. The van der Waals surface area contributed by atoms with E-state index >= 15 is 0 Å². The Morgan fingerprint density at radius 1 is 1.55 bits per heavy atom. The molecular formula is C17H22N2O2S. The summed E-state index contributed by atoms with van der Waals surface area (Å²) in [5, 5.41) is 0.648. The minimum Gasteiger partial charge on any atom is -0.379 e. The zero-order valence-corrected chi connectivity index (χ0v) is 13.7. The Morgan fingerprint density at radius 3 is 3.14 bits per heavy atom. The number of hydrogen-bond donors (Lipinski definition) is 1. The van der Waals surface area contributed by atoms with Gasteiger partial charge in [0.15, 0.2) is 11.0 Å². The molecule has 4 nitrogen and oxygen atoms in total. The third kappa shape index (κ3) is 3.36. The van der Waals surface area contributed by atoms with Crippen molar-refractivity contribution >= 4 is 22.7 Å². The summed E-state index contributed by atoms with van der Waals surface area (Å²) in [7, 11) is 0. The van der Waals surface area contributed by atoms with Crippen molar-refractivity contribution in [2.24, 2.45) is 10.7 Å². The molecule has 2 aliphatic rings. The Kier molecular flexibility index (Phi) is 4.54. The van der Waals surface area contributed by atoms with E-state index in [1.807, 2.05) is 12.1 Å². The van der Waals surface area contributed by atoms with Crippen molar-refractivity contribution in [3.05, 3.63) is 35.4 Å². The highest BCUT2D eigenvalue weighted by Crippen LogP contribution is 2.35. The predicted molar refractivity (Wildman–Crippen MR) is 90.2 cm³/mol. The monoisotopic (exact) mass is 318 g/mol. The summed E-state index contributed by atoms with van der Waals surface area (Å²) in [4.78, 5) is 16.9. The van der Waals surface area contributed by atoms with E-state index in [-0.39, 0.29) is 17.4 Å². The van der Waals surface area contributed by atoms with Gasteiger partial charge in [0.1, 0.15) is 6.10 Å². The van der Waals surface area contributed by atoms with Gasteiger partial charge in [0.25, 0.3) is 0 Å². The zero-order chi connectivity index (χ0) is 15.6. The average Bonchev–Trinajstić information content (AvgIpc) is 3.01. The lowest BCUT2D eigenvalue weighted by Crippen LogP contribution is -2.29. The number of aliphatic imine (C=N–C) groups is 1. The maximum atomic E-state index is 12.3. The number of carbonyl (C=O) groups excluding carboxylic acids is 1. The van der Waals surface area contributed by atoms with Gasteiger partial charge in [-0.25, -0.2) is 0 Å². The number of nitrogens with two attached hydrogens (primary N) is 1. The Balaban J connectivity index is 1.77.